The Morgan fingerprint density at radius 2 is 1.82 bits per heavy atom. The highest BCUT2D eigenvalue weighted by atomic mass is 127. The van der Waals surface area contributed by atoms with Crippen molar-refractivity contribution < 1.29 is 4.74 Å². The summed E-state index contributed by atoms with van der Waals surface area (Å²) in [5, 5.41) is 6.80. The lowest BCUT2D eigenvalue weighted by Crippen LogP contribution is -2.38. The Kier molecular flexibility index (Phi) is 10.6. The molecule has 1 aliphatic heterocycles. The molecule has 5 heteroatoms. The van der Waals surface area contributed by atoms with Crippen LogP contribution in [0, 0.1) is 0 Å². The van der Waals surface area contributed by atoms with Crippen molar-refractivity contribution >= 4 is 29.9 Å². The van der Waals surface area contributed by atoms with E-state index >= 15 is 0 Å². The number of halogens is 1. The van der Waals surface area contributed by atoms with Crippen LogP contribution in [0.5, 0.6) is 0 Å². The van der Waals surface area contributed by atoms with Crippen LogP contribution in [0.15, 0.2) is 28.3 Å². The molecule has 0 saturated carbocycles. The lowest BCUT2D eigenvalue weighted by Gasteiger charge is -2.16. The SMILES string of the molecule is CN=C(NCCC1=CCCCC1)NCCC1=CCOCC1.I. The fourth-order valence-corrected chi connectivity index (χ4v) is 2.83. The Labute approximate surface area is 151 Å². The van der Waals surface area contributed by atoms with Gasteiger partial charge in [0.1, 0.15) is 0 Å². The molecule has 2 aliphatic rings. The number of guanidine groups is 1. The van der Waals surface area contributed by atoms with Crippen molar-refractivity contribution in [2.75, 3.05) is 33.4 Å². The summed E-state index contributed by atoms with van der Waals surface area (Å²) in [6, 6.07) is 0. The smallest absolute Gasteiger partial charge is 0.190 e. The van der Waals surface area contributed by atoms with E-state index < -0.39 is 0 Å². The highest BCUT2D eigenvalue weighted by molar-refractivity contribution is 14.0. The second-order valence-electron chi connectivity index (χ2n) is 5.72. The van der Waals surface area contributed by atoms with Crippen LogP contribution >= 0.6 is 24.0 Å². The predicted molar refractivity (Wildman–Crippen MR) is 104 cm³/mol. The third kappa shape index (κ3) is 7.63. The zero-order valence-electron chi connectivity index (χ0n) is 13.7. The second-order valence-corrected chi connectivity index (χ2v) is 5.72. The first-order valence-electron chi connectivity index (χ1n) is 8.26. The minimum atomic E-state index is 0. The van der Waals surface area contributed by atoms with Gasteiger partial charge >= 0.3 is 0 Å². The molecule has 1 heterocycles. The number of ether oxygens (including phenoxy) is 1. The highest BCUT2D eigenvalue weighted by Crippen LogP contribution is 2.19. The highest BCUT2D eigenvalue weighted by Gasteiger charge is 2.05. The van der Waals surface area contributed by atoms with Crippen molar-refractivity contribution in [3.63, 3.8) is 0 Å². The molecule has 0 aromatic carbocycles. The molecule has 0 amide bonds. The van der Waals surface area contributed by atoms with Gasteiger partial charge in [0.15, 0.2) is 5.96 Å². The predicted octanol–water partition coefficient (Wildman–Crippen LogP) is 3.40. The molecule has 0 aromatic heterocycles. The lowest BCUT2D eigenvalue weighted by molar-refractivity contribution is 0.153. The van der Waals surface area contributed by atoms with Gasteiger partial charge in [0, 0.05) is 20.1 Å². The van der Waals surface area contributed by atoms with Gasteiger partial charge in [0.05, 0.1) is 13.2 Å². The summed E-state index contributed by atoms with van der Waals surface area (Å²) in [5.74, 6) is 0.916. The standard InChI is InChI=1S/C17H29N3O.HI/c1-18-17(19-11-7-15-5-3-2-4-6-15)20-12-8-16-9-13-21-14-10-16;/h5,9H,2-4,6-8,10-14H2,1H3,(H2,18,19,20);1H. The summed E-state index contributed by atoms with van der Waals surface area (Å²) in [6.45, 7) is 3.56. The summed E-state index contributed by atoms with van der Waals surface area (Å²) in [6.07, 6.45) is 13.2. The van der Waals surface area contributed by atoms with E-state index in [-0.39, 0.29) is 24.0 Å². The number of nitrogens with zero attached hydrogens (tertiary/aromatic N) is 1. The van der Waals surface area contributed by atoms with E-state index in [0.717, 1.165) is 51.5 Å². The normalized spacial score (nSPS) is 18.9. The fraction of sp³-hybridized carbons (Fsp3) is 0.706. The average Bonchev–Trinajstić information content (AvgIpc) is 2.55. The molecule has 0 radical (unpaired) electrons. The molecule has 22 heavy (non-hydrogen) atoms. The first kappa shape index (κ1) is 19.5. The first-order valence-corrected chi connectivity index (χ1v) is 8.26. The summed E-state index contributed by atoms with van der Waals surface area (Å²) in [7, 11) is 1.84. The van der Waals surface area contributed by atoms with Crippen LogP contribution in [0.4, 0.5) is 0 Å². The van der Waals surface area contributed by atoms with E-state index in [4.69, 9.17) is 4.74 Å². The number of aliphatic imine (C=N–C) groups is 1. The number of nitrogens with one attached hydrogen (secondary N) is 2. The summed E-state index contributed by atoms with van der Waals surface area (Å²) in [5.41, 5.74) is 3.10. The van der Waals surface area contributed by atoms with Crippen LogP contribution in [0.2, 0.25) is 0 Å². The number of hydrogen-bond donors (Lipinski definition) is 2. The Hall–Kier alpha value is -0.560. The van der Waals surface area contributed by atoms with E-state index in [9.17, 15) is 0 Å². The van der Waals surface area contributed by atoms with Crippen molar-refractivity contribution in [2.24, 2.45) is 4.99 Å². The van der Waals surface area contributed by atoms with Crippen LogP contribution in [-0.2, 0) is 4.74 Å². The van der Waals surface area contributed by atoms with E-state index in [1.165, 1.54) is 31.3 Å². The molecule has 0 bridgehead atoms. The van der Waals surface area contributed by atoms with E-state index in [1.807, 2.05) is 7.05 Å². The molecule has 0 aromatic rings. The number of hydrogen-bond acceptors (Lipinski definition) is 2. The van der Waals surface area contributed by atoms with Crippen molar-refractivity contribution in [1.82, 2.24) is 10.6 Å². The fourth-order valence-electron chi connectivity index (χ4n) is 2.83. The summed E-state index contributed by atoms with van der Waals surface area (Å²) in [4.78, 5) is 4.28. The van der Waals surface area contributed by atoms with E-state index in [0.29, 0.717) is 0 Å². The van der Waals surface area contributed by atoms with Gasteiger partial charge in [0.2, 0.25) is 0 Å². The maximum Gasteiger partial charge on any atom is 0.190 e. The van der Waals surface area contributed by atoms with Gasteiger partial charge in [-0.1, -0.05) is 23.3 Å². The second kappa shape index (κ2) is 11.9. The zero-order chi connectivity index (χ0) is 14.8. The molecule has 0 unspecified atom stereocenters. The van der Waals surface area contributed by atoms with Crippen LogP contribution in [0.1, 0.15) is 44.9 Å². The lowest BCUT2D eigenvalue weighted by atomic mass is 9.97. The van der Waals surface area contributed by atoms with E-state index in [2.05, 4.69) is 27.8 Å². The third-order valence-electron chi connectivity index (χ3n) is 4.14. The Bertz CT molecular complexity index is 371. The topological polar surface area (TPSA) is 45.7 Å². The van der Waals surface area contributed by atoms with Crippen LogP contribution in [-0.4, -0.2) is 39.3 Å². The van der Waals surface area contributed by atoms with Crippen molar-refractivity contribution in [3.8, 4) is 0 Å². The molecule has 0 fully saturated rings. The minimum Gasteiger partial charge on any atom is -0.377 e. The van der Waals surface area contributed by atoms with Gasteiger partial charge < -0.3 is 15.4 Å². The molecule has 2 N–H and O–H groups in total. The van der Waals surface area contributed by atoms with Crippen LogP contribution in [0.25, 0.3) is 0 Å². The number of rotatable bonds is 6. The minimum absolute atomic E-state index is 0. The Morgan fingerprint density at radius 1 is 1.09 bits per heavy atom. The first-order chi connectivity index (χ1) is 10.4. The maximum absolute atomic E-state index is 5.32. The number of allylic oxidation sites excluding steroid dienone is 1. The molecule has 126 valence electrons. The Morgan fingerprint density at radius 3 is 2.36 bits per heavy atom. The van der Waals surface area contributed by atoms with Gasteiger partial charge in [-0.3, -0.25) is 4.99 Å². The average molecular weight is 419 g/mol. The summed E-state index contributed by atoms with van der Waals surface area (Å²) >= 11 is 0. The van der Waals surface area contributed by atoms with Gasteiger partial charge in [-0.15, -0.1) is 24.0 Å². The molecular weight excluding hydrogens is 389 g/mol. The zero-order valence-corrected chi connectivity index (χ0v) is 16.0. The van der Waals surface area contributed by atoms with Crippen molar-refractivity contribution in [3.05, 3.63) is 23.3 Å². The summed E-state index contributed by atoms with van der Waals surface area (Å²) < 4.78 is 5.32. The van der Waals surface area contributed by atoms with Gasteiger partial charge in [-0.25, -0.2) is 0 Å². The molecule has 0 spiro atoms. The molecule has 2 rings (SSSR count). The van der Waals surface area contributed by atoms with Crippen molar-refractivity contribution in [1.29, 1.82) is 0 Å². The monoisotopic (exact) mass is 419 g/mol. The molecule has 0 atom stereocenters. The largest absolute Gasteiger partial charge is 0.377 e. The third-order valence-corrected chi connectivity index (χ3v) is 4.14. The van der Waals surface area contributed by atoms with E-state index in [1.54, 1.807) is 5.57 Å². The Balaban J connectivity index is 0.00000242. The van der Waals surface area contributed by atoms with Crippen LogP contribution < -0.4 is 10.6 Å². The van der Waals surface area contributed by atoms with Gasteiger partial charge in [-0.2, -0.15) is 0 Å². The quantitative estimate of drug-likeness (QED) is 0.300. The van der Waals surface area contributed by atoms with Gasteiger partial charge in [0.25, 0.3) is 0 Å². The van der Waals surface area contributed by atoms with Crippen LogP contribution in [0.3, 0.4) is 0 Å². The maximum atomic E-state index is 5.32. The molecule has 1 aliphatic carbocycles. The van der Waals surface area contributed by atoms with Crippen molar-refractivity contribution in [2.45, 2.75) is 44.9 Å². The molecular formula is C17H30IN3O. The molecule has 0 saturated heterocycles. The molecule has 4 nitrogen and oxygen atoms in total. The van der Waals surface area contributed by atoms with Gasteiger partial charge in [-0.05, 0) is 44.9 Å².